The summed E-state index contributed by atoms with van der Waals surface area (Å²) in [4.78, 5) is 30.3. The number of ether oxygens (including phenoxy) is 1. The number of amides is 1. The molecule has 0 bridgehead atoms. The summed E-state index contributed by atoms with van der Waals surface area (Å²) in [6.07, 6.45) is 6.37. The number of hydrogen-bond donors (Lipinski definition) is 0. The van der Waals surface area contributed by atoms with Gasteiger partial charge in [0.15, 0.2) is 0 Å². The molecule has 156 valence electrons. The van der Waals surface area contributed by atoms with Gasteiger partial charge >= 0.3 is 5.97 Å². The number of rotatable bonds is 11. The molecular formula is C22H29N3O4. The van der Waals surface area contributed by atoms with Crippen molar-refractivity contribution in [2.45, 2.75) is 64.2 Å². The fourth-order valence-electron chi connectivity index (χ4n) is 3.23. The molecule has 2 aromatic rings. The lowest BCUT2D eigenvalue weighted by Crippen LogP contribution is -2.31. The highest BCUT2D eigenvalue weighted by atomic mass is 16.5. The van der Waals surface area contributed by atoms with E-state index in [1.807, 2.05) is 36.1 Å². The lowest BCUT2D eigenvalue weighted by Gasteiger charge is -2.23. The molecule has 29 heavy (non-hydrogen) atoms. The largest absolute Gasteiger partial charge is 0.469 e. The van der Waals surface area contributed by atoms with Gasteiger partial charge in [0.2, 0.25) is 17.6 Å². The lowest BCUT2D eigenvalue weighted by atomic mass is 10.1. The van der Waals surface area contributed by atoms with Gasteiger partial charge in [0.1, 0.15) is 0 Å². The van der Waals surface area contributed by atoms with Gasteiger partial charge in [-0.2, -0.15) is 4.98 Å². The topological polar surface area (TPSA) is 85.5 Å². The van der Waals surface area contributed by atoms with Gasteiger partial charge in [0.25, 0.3) is 0 Å². The highest BCUT2D eigenvalue weighted by Gasteiger charge is 2.29. The standard InChI is InChI=1S/C22H29N3O4/c1-3-8-19(26)25(14-6-4-5-11-20(27)28-2)18-10-7-9-17(15-18)21-23-22(29-24-21)16-12-13-16/h7,9-10,15-16H,3-6,8,11-14H2,1-2H3. The minimum Gasteiger partial charge on any atom is -0.469 e. The van der Waals surface area contributed by atoms with E-state index < -0.39 is 0 Å². The van der Waals surface area contributed by atoms with Crippen molar-refractivity contribution in [2.24, 2.45) is 0 Å². The Morgan fingerprint density at radius 3 is 2.76 bits per heavy atom. The van der Waals surface area contributed by atoms with Crippen molar-refractivity contribution < 1.29 is 18.8 Å². The molecule has 1 aromatic carbocycles. The van der Waals surface area contributed by atoms with Crippen LogP contribution in [0, 0.1) is 0 Å². The van der Waals surface area contributed by atoms with Gasteiger partial charge in [0.05, 0.1) is 7.11 Å². The molecule has 1 heterocycles. The summed E-state index contributed by atoms with van der Waals surface area (Å²) in [5.41, 5.74) is 1.69. The summed E-state index contributed by atoms with van der Waals surface area (Å²) < 4.78 is 10.0. The summed E-state index contributed by atoms with van der Waals surface area (Å²) in [6, 6.07) is 7.74. The van der Waals surface area contributed by atoms with Gasteiger partial charge in [-0.15, -0.1) is 0 Å². The van der Waals surface area contributed by atoms with E-state index in [1.54, 1.807) is 0 Å². The molecule has 0 spiro atoms. The first-order chi connectivity index (χ1) is 14.1. The zero-order valence-electron chi connectivity index (χ0n) is 17.2. The van der Waals surface area contributed by atoms with Crippen molar-refractivity contribution in [3.05, 3.63) is 30.2 Å². The SMILES string of the molecule is CCCC(=O)N(CCCCCC(=O)OC)c1cccc(-c2noc(C3CC3)n2)c1. The maximum atomic E-state index is 12.7. The average Bonchev–Trinajstić information content (AvgIpc) is 3.47. The zero-order chi connectivity index (χ0) is 20.6. The number of anilines is 1. The van der Waals surface area contributed by atoms with E-state index in [2.05, 4.69) is 14.9 Å². The minimum atomic E-state index is -0.192. The second kappa shape index (κ2) is 10.2. The number of aromatic nitrogens is 2. The Morgan fingerprint density at radius 1 is 1.21 bits per heavy atom. The highest BCUT2D eigenvalue weighted by molar-refractivity contribution is 5.93. The molecule has 1 aliphatic rings. The quantitative estimate of drug-likeness (QED) is 0.409. The van der Waals surface area contributed by atoms with Crippen LogP contribution in [0.25, 0.3) is 11.4 Å². The van der Waals surface area contributed by atoms with E-state index in [0.29, 0.717) is 37.0 Å². The summed E-state index contributed by atoms with van der Waals surface area (Å²) in [7, 11) is 1.40. The Kier molecular flexibility index (Phi) is 7.38. The van der Waals surface area contributed by atoms with Crippen LogP contribution in [-0.2, 0) is 14.3 Å². The number of unbranched alkanes of at least 4 members (excludes halogenated alkanes) is 2. The van der Waals surface area contributed by atoms with Crippen molar-refractivity contribution >= 4 is 17.6 Å². The first-order valence-electron chi connectivity index (χ1n) is 10.4. The molecule has 7 nitrogen and oxygen atoms in total. The van der Waals surface area contributed by atoms with Crippen molar-refractivity contribution in [2.75, 3.05) is 18.6 Å². The van der Waals surface area contributed by atoms with Crippen molar-refractivity contribution in [1.82, 2.24) is 10.1 Å². The summed E-state index contributed by atoms with van der Waals surface area (Å²) in [5.74, 6) is 1.59. The third kappa shape index (κ3) is 5.89. The Balaban J connectivity index is 1.67. The van der Waals surface area contributed by atoms with Crippen LogP contribution in [0.3, 0.4) is 0 Å². The van der Waals surface area contributed by atoms with Gasteiger partial charge < -0.3 is 14.2 Å². The predicted molar refractivity (Wildman–Crippen MR) is 109 cm³/mol. The van der Waals surface area contributed by atoms with E-state index in [-0.39, 0.29) is 11.9 Å². The molecule has 1 aliphatic carbocycles. The summed E-state index contributed by atoms with van der Waals surface area (Å²) in [6.45, 7) is 2.62. The normalized spacial score (nSPS) is 13.3. The molecule has 0 aliphatic heterocycles. The first kappa shape index (κ1) is 21.0. The minimum absolute atomic E-state index is 0.101. The second-order valence-corrected chi connectivity index (χ2v) is 7.46. The van der Waals surface area contributed by atoms with Gasteiger partial charge in [-0.25, -0.2) is 0 Å². The molecule has 1 amide bonds. The summed E-state index contributed by atoms with van der Waals surface area (Å²) >= 11 is 0. The third-order valence-corrected chi connectivity index (χ3v) is 5.04. The Labute approximate surface area is 171 Å². The molecule has 1 fully saturated rings. The van der Waals surface area contributed by atoms with Gasteiger partial charge in [-0.05, 0) is 44.2 Å². The first-order valence-corrected chi connectivity index (χ1v) is 10.4. The molecule has 3 rings (SSSR count). The van der Waals surface area contributed by atoms with Crippen LogP contribution in [0.2, 0.25) is 0 Å². The van der Waals surface area contributed by atoms with Crippen LogP contribution in [0.5, 0.6) is 0 Å². The molecule has 1 aromatic heterocycles. The number of esters is 1. The van der Waals surface area contributed by atoms with Crippen LogP contribution < -0.4 is 4.90 Å². The third-order valence-electron chi connectivity index (χ3n) is 5.04. The van der Waals surface area contributed by atoms with E-state index in [1.165, 1.54) is 7.11 Å². The smallest absolute Gasteiger partial charge is 0.305 e. The number of nitrogens with zero attached hydrogens (tertiary/aromatic N) is 3. The average molecular weight is 399 g/mol. The van der Waals surface area contributed by atoms with Crippen molar-refractivity contribution in [3.63, 3.8) is 0 Å². The molecule has 0 N–H and O–H groups in total. The zero-order valence-corrected chi connectivity index (χ0v) is 17.2. The van der Waals surface area contributed by atoms with Gasteiger partial charge in [-0.1, -0.05) is 30.6 Å². The molecule has 0 radical (unpaired) electrons. The highest BCUT2D eigenvalue weighted by Crippen LogP contribution is 2.39. The second-order valence-electron chi connectivity index (χ2n) is 7.46. The molecule has 0 atom stereocenters. The molecule has 7 heteroatoms. The van der Waals surface area contributed by atoms with Crippen molar-refractivity contribution in [1.29, 1.82) is 0 Å². The Bertz CT molecular complexity index is 829. The van der Waals surface area contributed by atoms with Crippen LogP contribution in [0.15, 0.2) is 28.8 Å². The number of methoxy groups -OCH3 is 1. The fourth-order valence-corrected chi connectivity index (χ4v) is 3.23. The van der Waals surface area contributed by atoms with Crippen LogP contribution in [0.4, 0.5) is 5.69 Å². The number of carbonyl (C=O) groups is 2. The molecule has 0 unspecified atom stereocenters. The molecule has 0 saturated heterocycles. The van der Waals surface area contributed by atoms with E-state index in [9.17, 15) is 9.59 Å². The Hall–Kier alpha value is -2.70. The van der Waals surface area contributed by atoms with Gasteiger partial charge in [-0.3, -0.25) is 9.59 Å². The van der Waals surface area contributed by atoms with Crippen LogP contribution in [0.1, 0.15) is 70.1 Å². The molecule has 1 saturated carbocycles. The Morgan fingerprint density at radius 2 is 2.03 bits per heavy atom. The molecular weight excluding hydrogens is 370 g/mol. The monoisotopic (exact) mass is 399 g/mol. The number of carbonyl (C=O) groups excluding carboxylic acids is 2. The van der Waals surface area contributed by atoms with Crippen LogP contribution >= 0.6 is 0 Å². The van der Waals surface area contributed by atoms with Crippen molar-refractivity contribution in [3.8, 4) is 11.4 Å². The van der Waals surface area contributed by atoms with Crippen LogP contribution in [-0.4, -0.2) is 35.7 Å². The lowest BCUT2D eigenvalue weighted by molar-refractivity contribution is -0.140. The number of benzene rings is 1. The fraction of sp³-hybridized carbons (Fsp3) is 0.545. The van der Waals surface area contributed by atoms with Gasteiger partial charge in [0, 0.05) is 36.6 Å². The van der Waals surface area contributed by atoms with E-state index >= 15 is 0 Å². The maximum Gasteiger partial charge on any atom is 0.305 e. The predicted octanol–water partition coefficient (Wildman–Crippen LogP) is 4.48. The van der Waals surface area contributed by atoms with E-state index in [4.69, 9.17) is 4.52 Å². The van der Waals surface area contributed by atoms with E-state index in [0.717, 1.165) is 49.8 Å². The number of hydrogen-bond acceptors (Lipinski definition) is 6. The summed E-state index contributed by atoms with van der Waals surface area (Å²) in [5, 5.41) is 4.11. The maximum absolute atomic E-state index is 12.7.